The fourth-order valence-corrected chi connectivity index (χ4v) is 6.47. The smallest absolute Gasteiger partial charge is 0.320 e. The van der Waals surface area contributed by atoms with Gasteiger partial charge < -0.3 is 15.7 Å². The summed E-state index contributed by atoms with van der Waals surface area (Å²) in [6.07, 6.45) is 1.82. The van der Waals surface area contributed by atoms with Gasteiger partial charge in [-0.2, -0.15) is 0 Å². The third-order valence-electron chi connectivity index (χ3n) is 7.99. The third kappa shape index (κ3) is 3.42. The van der Waals surface area contributed by atoms with Crippen LogP contribution in [0.4, 0.5) is 0 Å². The van der Waals surface area contributed by atoms with Gasteiger partial charge in [-0.05, 0) is 49.3 Å². The number of nitrogens with zero attached hydrogens (tertiary/aromatic N) is 1. The zero-order valence-corrected chi connectivity index (χ0v) is 18.4. The van der Waals surface area contributed by atoms with Gasteiger partial charge in [0.25, 0.3) is 0 Å². The fourth-order valence-electron chi connectivity index (χ4n) is 6.47. The summed E-state index contributed by atoms with van der Waals surface area (Å²) < 4.78 is 0. The molecule has 3 heterocycles. The van der Waals surface area contributed by atoms with Crippen LogP contribution in [0.15, 0.2) is 60.7 Å². The van der Waals surface area contributed by atoms with Crippen molar-refractivity contribution in [1.82, 2.24) is 15.5 Å². The molecule has 6 rings (SSSR count). The molecule has 4 aliphatic rings. The second-order valence-corrected chi connectivity index (χ2v) is 9.62. The zero-order chi connectivity index (χ0) is 22.3. The van der Waals surface area contributed by atoms with Crippen LogP contribution in [0.5, 0.6) is 0 Å². The van der Waals surface area contributed by atoms with E-state index in [0.29, 0.717) is 19.0 Å². The van der Waals surface area contributed by atoms with Gasteiger partial charge in [0.15, 0.2) is 0 Å². The number of benzene rings is 2. The minimum absolute atomic E-state index is 0.00709. The van der Waals surface area contributed by atoms with E-state index in [2.05, 4.69) is 27.7 Å². The van der Waals surface area contributed by atoms with E-state index in [1.54, 1.807) is 6.92 Å². The average Bonchev–Trinajstić information content (AvgIpc) is 3.10. The molecular weight excluding hydrogens is 402 g/mol. The number of piperidine rings is 2. The second-order valence-electron chi connectivity index (χ2n) is 9.62. The summed E-state index contributed by atoms with van der Waals surface area (Å²) in [6.45, 7) is 3.68. The summed E-state index contributed by atoms with van der Waals surface area (Å²) in [6, 6.07) is 19.5. The number of rotatable bonds is 7. The minimum atomic E-state index is -0.827. The Hall–Kier alpha value is -2.70. The lowest BCUT2D eigenvalue weighted by Gasteiger charge is -2.56. The lowest BCUT2D eigenvalue weighted by molar-refractivity contribution is -0.147. The van der Waals surface area contributed by atoms with E-state index in [4.69, 9.17) is 0 Å². The summed E-state index contributed by atoms with van der Waals surface area (Å²) in [5.74, 6) is -0.0168. The van der Waals surface area contributed by atoms with Crippen molar-refractivity contribution in [3.63, 3.8) is 0 Å². The first kappa shape index (κ1) is 21.2. The van der Waals surface area contributed by atoms with Gasteiger partial charge in [0, 0.05) is 25.0 Å². The number of amides is 1. The number of carboxylic acids is 1. The first-order chi connectivity index (χ1) is 15.5. The number of hydrogen-bond acceptors (Lipinski definition) is 4. The van der Waals surface area contributed by atoms with Crippen molar-refractivity contribution >= 4 is 11.9 Å². The van der Waals surface area contributed by atoms with E-state index in [1.165, 1.54) is 5.56 Å². The number of hydrogen-bond donors (Lipinski definition) is 3. The van der Waals surface area contributed by atoms with Gasteiger partial charge in [0.2, 0.25) is 5.91 Å². The van der Waals surface area contributed by atoms with Gasteiger partial charge in [-0.3, -0.25) is 14.5 Å². The predicted molar refractivity (Wildman–Crippen MR) is 122 cm³/mol. The Morgan fingerprint density at radius 1 is 1.12 bits per heavy atom. The first-order valence-corrected chi connectivity index (χ1v) is 11.6. The van der Waals surface area contributed by atoms with E-state index in [1.807, 2.05) is 48.5 Å². The van der Waals surface area contributed by atoms with E-state index in [0.717, 1.165) is 24.9 Å². The first-order valence-electron chi connectivity index (χ1n) is 11.6. The monoisotopic (exact) mass is 433 g/mol. The van der Waals surface area contributed by atoms with Crippen molar-refractivity contribution in [1.29, 1.82) is 0 Å². The number of carbonyl (C=O) groups excluding carboxylic acids is 1. The predicted octanol–water partition coefficient (Wildman–Crippen LogP) is 2.30. The maximum Gasteiger partial charge on any atom is 0.320 e. The van der Waals surface area contributed by atoms with Gasteiger partial charge in [0.05, 0.1) is 0 Å². The largest absolute Gasteiger partial charge is 0.480 e. The molecule has 3 saturated heterocycles. The fraction of sp³-hybridized carbons (Fsp3) is 0.462. The van der Waals surface area contributed by atoms with Crippen LogP contribution in [-0.4, -0.2) is 52.6 Å². The van der Waals surface area contributed by atoms with Crippen molar-refractivity contribution in [2.75, 3.05) is 13.1 Å². The SMILES string of the molecule is CC(C(=O)O)N1CC2CC3CNC2(C(=O)NCc2ccccc2)C1C3Cc1ccccc1. The lowest BCUT2D eigenvalue weighted by atomic mass is 9.58. The molecule has 168 valence electrons. The average molecular weight is 434 g/mol. The van der Waals surface area contributed by atoms with Crippen LogP contribution in [0, 0.1) is 17.8 Å². The molecule has 0 spiro atoms. The highest BCUT2D eigenvalue weighted by Gasteiger charge is 2.68. The summed E-state index contributed by atoms with van der Waals surface area (Å²) in [5.41, 5.74) is 1.56. The van der Waals surface area contributed by atoms with Crippen molar-refractivity contribution in [2.45, 2.75) is 43.9 Å². The maximum absolute atomic E-state index is 13.8. The summed E-state index contributed by atoms with van der Waals surface area (Å²) in [5, 5.41) is 16.6. The number of carbonyl (C=O) groups is 2. The number of carboxylic acid groups (broad SMARTS) is 1. The molecule has 0 aromatic heterocycles. The Morgan fingerprint density at radius 2 is 1.78 bits per heavy atom. The molecule has 1 aliphatic carbocycles. The van der Waals surface area contributed by atoms with Crippen molar-refractivity contribution in [3.8, 4) is 0 Å². The number of likely N-dealkylation sites (tertiary alicyclic amines) is 1. The van der Waals surface area contributed by atoms with Crippen LogP contribution in [-0.2, 0) is 22.6 Å². The summed E-state index contributed by atoms with van der Waals surface area (Å²) in [4.78, 5) is 27.9. The molecule has 6 unspecified atom stereocenters. The zero-order valence-electron chi connectivity index (χ0n) is 18.4. The molecule has 3 N–H and O–H groups in total. The maximum atomic E-state index is 13.8. The Morgan fingerprint density at radius 3 is 2.44 bits per heavy atom. The highest BCUT2D eigenvalue weighted by Crippen LogP contribution is 2.53. The second kappa shape index (κ2) is 8.34. The van der Waals surface area contributed by atoms with Crippen LogP contribution < -0.4 is 10.6 Å². The normalized spacial score (nSPS) is 31.9. The Kier molecular flexibility index (Phi) is 5.51. The van der Waals surface area contributed by atoms with E-state index in [-0.39, 0.29) is 23.8 Å². The molecule has 2 aromatic carbocycles. The van der Waals surface area contributed by atoms with Crippen molar-refractivity contribution < 1.29 is 14.7 Å². The van der Waals surface area contributed by atoms with Gasteiger partial charge in [0.1, 0.15) is 11.6 Å². The van der Waals surface area contributed by atoms with Gasteiger partial charge in [-0.15, -0.1) is 0 Å². The van der Waals surface area contributed by atoms with E-state index in [9.17, 15) is 14.7 Å². The van der Waals surface area contributed by atoms with E-state index >= 15 is 0 Å². The van der Waals surface area contributed by atoms with Crippen LogP contribution in [0.25, 0.3) is 0 Å². The van der Waals surface area contributed by atoms with Gasteiger partial charge in [-0.1, -0.05) is 60.7 Å². The molecule has 0 radical (unpaired) electrons. The molecule has 4 bridgehead atoms. The minimum Gasteiger partial charge on any atom is -0.480 e. The van der Waals surface area contributed by atoms with Crippen LogP contribution >= 0.6 is 0 Å². The Balaban J connectivity index is 1.47. The molecule has 6 heteroatoms. The molecule has 32 heavy (non-hydrogen) atoms. The third-order valence-corrected chi connectivity index (χ3v) is 7.99. The van der Waals surface area contributed by atoms with Crippen molar-refractivity contribution in [2.24, 2.45) is 17.8 Å². The molecule has 6 nitrogen and oxygen atoms in total. The Bertz CT molecular complexity index is 982. The summed E-state index contributed by atoms with van der Waals surface area (Å²) in [7, 11) is 0. The van der Waals surface area contributed by atoms with E-state index < -0.39 is 17.6 Å². The van der Waals surface area contributed by atoms with Crippen LogP contribution in [0.2, 0.25) is 0 Å². The lowest BCUT2D eigenvalue weighted by Crippen LogP contribution is -2.76. The van der Waals surface area contributed by atoms with Gasteiger partial charge in [-0.25, -0.2) is 0 Å². The molecule has 6 atom stereocenters. The number of aliphatic carboxylic acids is 1. The molecule has 1 amide bonds. The Labute approximate surface area is 189 Å². The van der Waals surface area contributed by atoms with Gasteiger partial charge >= 0.3 is 5.97 Å². The standard InChI is InChI=1S/C26H31N3O3/c1-17(24(30)31)29-16-21-13-20-15-28-26(21,25(32)27-14-19-10-6-3-7-11-19)23(29)22(20)12-18-8-4-2-5-9-18/h2-11,17,20-23,28H,12-16H2,1H3,(H,27,32)(H,30,31). The summed E-state index contributed by atoms with van der Waals surface area (Å²) >= 11 is 0. The molecular formula is C26H31N3O3. The number of fused-ring (bicyclic) bond motifs is 1. The molecule has 3 aliphatic heterocycles. The highest BCUT2D eigenvalue weighted by atomic mass is 16.4. The highest BCUT2D eigenvalue weighted by molar-refractivity contribution is 5.89. The van der Waals surface area contributed by atoms with Crippen LogP contribution in [0.3, 0.4) is 0 Å². The topological polar surface area (TPSA) is 81.7 Å². The van der Waals surface area contributed by atoms with Crippen molar-refractivity contribution in [3.05, 3.63) is 71.8 Å². The molecule has 1 saturated carbocycles. The number of nitrogens with one attached hydrogen (secondary N) is 2. The molecule has 4 fully saturated rings. The van der Waals surface area contributed by atoms with Crippen LogP contribution in [0.1, 0.15) is 24.5 Å². The quantitative estimate of drug-likeness (QED) is 0.624. The molecule has 2 aromatic rings.